The first-order chi connectivity index (χ1) is 18.8. The number of fused-ring (bicyclic) bond motifs is 2. The van der Waals surface area contributed by atoms with Crippen LogP contribution in [-0.2, 0) is 16.6 Å². The summed E-state index contributed by atoms with van der Waals surface area (Å²) in [5.74, 6) is -1.26. The second kappa shape index (κ2) is 11.2. The summed E-state index contributed by atoms with van der Waals surface area (Å²) >= 11 is 0. The van der Waals surface area contributed by atoms with Gasteiger partial charge in [-0.05, 0) is 31.2 Å². The average Bonchev–Trinajstić information content (AvgIpc) is 3.31. The molecule has 5 rings (SSSR count). The van der Waals surface area contributed by atoms with Crippen LogP contribution in [0.3, 0.4) is 0 Å². The van der Waals surface area contributed by atoms with E-state index < -0.39 is 11.7 Å². The van der Waals surface area contributed by atoms with Crippen LogP contribution in [0.15, 0.2) is 36.7 Å². The van der Waals surface area contributed by atoms with Crippen LogP contribution in [0.25, 0.3) is 21.8 Å². The minimum atomic E-state index is -0.549. The van der Waals surface area contributed by atoms with E-state index >= 15 is 0 Å². The lowest BCUT2D eigenvalue weighted by atomic mass is 10.1. The number of aryl methyl sites for hydroxylation is 1. The third-order valence-corrected chi connectivity index (χ3v) is 6.21. The van der Waals surface area contributed by atoms with Crippen molar-refractivity contribution in [2.24, 2.45) is 12.8 Å². The molecule has 1 atom stereocenters. The molecule has 1 saturated heterocycles. The van der Waals surface area contributed by atoms with E-state index in [0.29, 0.717) is 54.8 Å². The number of amides is 2. The normalized spacial score (nSPS) is 14.4. The zero-order valence-electron chi connectivity index (χ0n) is 21.6. The largest absolute Gasteiger partial charge is 0.453 e. The molecule has 2 aromatic heterocycles. The average molecular weight is 537 g/mol. The van der Waals surface area contributed by atoms with Crippen LogP contribution in [0.2, 0.25) is 0 Å². The number of anilines is 2. The van der Waals surface area contributed by atoms with E-state index in [1.807, 2.05) is 6.92 Å². The Morgan fingerprint density at radius 2 is 2.03 bits per heavy atom. The van der Waals surface area contributed by atoms with Gasteiger partial charge in [0, 0.05) is 67.3 Å². The summed E-state index contributed by atoms with van der Waals surface area (Å²) in [4.78, 5) is 36.2. The first-order valence-electron chi connectivity index (χ1n) is 12.5. The van der Waals surface area contributed by atoms with Crippen molar-refractivity contribution in [3.8, 4) is 6.01 Å². The van der Waals surface area contributed by atoms with E-state index in [0.717, 1.165) is 0 Å². The van der Waals surface area contributed by atoms with Crippen molar-refractivity contribution >= 4 is 45.0 Å². The molecule has 1 aliphatic heterocycles. The van der Waals surface area contributed by atoms with Crippen molar-refractivity contribution in [2.75, 3.05) is 50.1 Å². The standard InChI is InChI=1S/C26H29FN8O4/c1-15(28)11-29-21-4-3-18(25(37)31-17-9-16-13-34(2)33-23(16)20(27)10-17)24-19(21)12-30-26(32-24)39-14-22(36)35-5-7-38-8-6-35/h3-4,9-10,12-13,15,29H,5-8,11,14,28H2,1-2H3,(H,31,37)/t15-/m0/s1. The van der Waals surface area contributed by atoms with Gasteiger partial charge in [0.2, 0.25) is 0 Å². The molecule has 13 heteroatoms. The Bertz CT molecular complexity index is 1530. The molecule has 0 bridgehead atoms. The predicted octanol–water partition coefficient (Wildman–Crippen LogP) is 1.90. The Kier molecular flexibility index (Phi) is 7.52. The summed E-state index contributed by atoms with van der Waals surface area (Å²) in [6.45, 7) is 4.04. The zero-order valence-corrected chi connectivity index (χ0v) is 21.6. The van der Waals surface area contributed by atoms with Crippen LogP contribution in [0, 0.1) is 5.82 Å². The van der Waals surface area contributed by atoms with E-state index in [-0.39, 0.29) is 41.3 Å². The molecule has 0 saturated carbocycles. The molecule has 1 fully saturated rings. The van der Waals surface area contributed by atoms with Crippen molar-refractivity contribution in [3.63, 3.8) is 0 Å². The molecule has 2 amide bonds. The Morgan fingerprint density at radius 3 is 2.79 bits per heavy atom. The highest BCUT2D eigenvalue weighted by Gasteiger charge is 2.20. The lowest BCUT2D eigenvalue weighted by Crippen LogP contribution is -2.43. The van der Waals surface area contributed by atoms with Gasteiger partial charge in [0.05, 0.1) is 24.3 Å². The molecular weight excluding hydrogens is 507 g/mol. The summed E-state index contributed by atoms with van der Waals surface area (Å²) < 4.78 is 27.0. The number of ether oxygens (including phenoxy) is 2. The van der Waals surface area contributed by atoms with Gasteiger partial charge in [-0.1, -0.05) is 0 Å². The third kappa shape index (κ3) is 5.89. The number of carbonyl (C=O) groups excluding carboxylic acids is 2. The molecule has 0 spiro atoms. The first kappa shape index (κ1) is 26.3. The Morgan fingerprint density at radius 1 is 1.23 bits per heavy atom. The maximum atomic E-state index is 14.6. The number of hydrogen-bond acceptors (Lipinski definition) is 9. The van der Waals surface area contributed by atoms with E-state index in [1.165, 1.54) is 16.9 Å². The van der Waals surface area contributed by atoms with Gasteiger partial charge in [-0.15, -0.1) is 0 Å². The summed E-state index contributed by atoms with van der Waals surface area (Å²) in [7, 11) is 1.69. The number of nitrogens with one attached hydrogen (secondary N) is 2. The SMILES string of the molecule is C[C@H](N)CNc1ccc(C(=O)Nc2cc(F)c3nn(C)cc3c2)c2nc(OCC(=O)N3CCOCC3)ncc12. The van der Waals surface area contributed by atoms with E-state index in [9.17, 15) is 14.0 Å². The highest BCUT2D eigenvalue weighted by atomic mass is 19.1. The molecule has 4 N–H and O–H groups in total. The summed E-state index contributed by atoms with van der Waals surface area (Å²) in [5.41, 5.74) is 7.58. The molecule has 2 aromatic carbocycles. The summed E-state index contributed by atoms with van der Waals surface area (Å²) in [6.07, 6.45) is 3.19. The minimum Gasteiger partial charge on any atom is -0.453 e. The van der Waals surface area contributed by atoms with E-state index in [2.05, 4.69) is 25.7 Å². The maximum absolute atomic E-state index is 14.6. The number of carbonyl (C=O) groups is 2. The highest BCUT2D eigenvalue weighted by Crippen LogP contribution is 2.28. The molecule has 39 heavy (non-hydrogen) atoms. The molecule has 3 heterocycles. The van der Waals surface area contributed by atoms with Gasteiger partial charge in [0.1, 0.15) is 5.52 Å². The van der Waals surface area contributed by atoms with Crippen LogP contribution < -0.4 is 21.1 Å². The second-order valence-electron chi connectivity index (χ2n) is 9.37. The van der Waals surface area contributed by atoms with E-state index in [4.69, 9.17) is 15.2 Å². The highest BCUT2D eigenvalue weighted by molar-refractivity contribution is 6.14. The molecule has 204 valence electrons. The Balaban J connectivity index is 1.43. The van der Waals surface area contributed by atoms with Crippen LogP contribution in [-0.4, -0.2) is 82.0 Å². The smallest absolute Gasteiger partial charge is 0.317 e. The maximum Gasteiger partial charge on any atom is 0.317 e. The molecule has 1 aliphatic rings. The molecule has 0 radical (unpaired) electrons. The van der Waals surface area contributed by atoms with Crippen LogP contribution >= 0.6 is 0 Å². The van der Waals surface area contributed by atoms with Gasteiger partial charge >= 0.3 is 6.01 Å². The van der Waals surface area contributed by atoms with Crippen molar-refractivity contribution < 1.29 is 23.5 Å². The lowest BCUT2D eigenvalue weighted by molar-refractivity contribution is -0.137. The number of nitrogens with zero attached hydrogens (tertiary/aromatic N) is 5. The number of halogens is 1. The number of morpholine rings is 1. The van der Waals surface area contributed by atoms with Gasteiger partial charge < -0.3 is 30.7 Å². The van der Waals surface area contributed by atoms with Gasteiger partial charge in [0.15, 0.2) is 12.4 Å². The number of nitrogens with two attached hydrogens (primary N) is 1. The number of benzene rings is 2. The van der Waals surface area contributed by atoms with Gasteiger partial charge in [0.25, 0.3) is 11.8 Å². The van der Waals surface area contributed by atoms with Crippen molar-refractivity contribution in [1.29, 1.82) is 0 Å². The monoisotopic (exact) mass is 536 g/mol. The summed E-state index contributed by atoms with van der Waals surface area (Å²) in [5, 5.41) is 11.2. The second-order valence-corrected chi connectivity index (χ2v) is 9.37. The van der Waals surface area contributed by atoms with Crippen LogP contribution in [0.1, 0.15) is 17.3 Å². The fourth-order valence-electron chi connectivity index (χ4n) is 4.29. The van der Waals surface area contributed by atoms with Crippen LogP contribution in [0.4, 0.5) is 15.8 Å². The molecule has 12 nitrogen and oxygen atoms in total. The zero-order chi connectivity index (χ0) is 27.5. The Hall–Kier alpha value is -4.36. The van der Waals surface area contributed by atoms with Gasteiger partial charge in [-0.25, -0.2) is 9.37 Å². The van der Waals surface area contributed by atoms with Crippen molar-refractivity contribution in [1.82, 2.24) is 24.6 Å². The fraction of sp³-hybridized carbons (Fsp3) is 0.346. The minimum absolute atomic E-state index is 0.0506. The summed E-state index contributed by atoms with van der Waals surface area (Å²) in [6, 6.07) is 6.03. The number of aromatic nitrogens is 4. The third-order valence-electron chi connectivity index (χ3n) is 6.21. The number of hydrogen-bond donors (Lipinski definition) is 3. The van der Waals surface area contributed by atoms with E-state index in [1.54, 1.807) is 36.3 Å². The van der Waals surface area contributed by atoms with Gasteiger partial charge in [-0.2, -0.15) is 10.1 Å². The first-order valence-corrected chi connectivity index (χ1v) is 12.5. The molecular formula is C26H29FN8O4. The molecule has 4 aromatic rings. The molecule has 0 unspecified atom stereocenters. The topological polar surface area (TPSA) is 150 Å². The van der Waals surface area contributed by atoms with Crippen molar-refractivity contribution in [3.05, 3.63) is 48.0 Å². The lowest BCUT2D eigenvalue weighted by Gasteiger charge is -2.26. The van der Waals surface area contributed by atoms with Crippen molar-refractivity contribution in [2.45, 2.75) is 13.0 Å². The fourth-order valence-corrected chi connectivity index (χ4v) is 4.29. The van der Waals surface area contributed by atoms with Gasteiger partial charge in [-0.3, -0.25) is 14.3 Å². The van der Waals surface area contributed by atoms with Crippen LogP contribution in [0.5, 0.6) is 6.01 Å². The Labute approximate surface area is 223 Å². The predicted molar refractivity (Wildman–Crippen MR) is 143 cm³/mol. The number of rotatable bonds is 8. The molecule has 0 aliphatic carbocycles. The quantitative estimate of drug-likeness (QED) is 0.307.